The Balaban J connectivity index is 4.19. The van der Waals surface area contributed by atoms with Crippen LogP contribution in [0.3, 0.4) is 0 Å². The second kappa shape index (κ2) is 50.5. The Morgan fingerprint density at radius 2 is 0.590 bits per heavy atom. The lowest BCUT2D eigenvalue weighted by atomic mass is 10.0. The number of hydrogen-bond donors (Lipinski definition) is 0. The summed E-state index contributed by atoms with van der Waals surface area (Å²) in [6.45, 7) is 6.60. The molecule has 0 amide bonds. The Morgan fingerprint density at radius 3 is 0.918 bits per heavy atom. The molecule has 61 heavy (non-hydrogen) atoms. The van der Waals surface area contributed by atoms with Gasteiger partial charge in [-0.2, -0.15) is 0 Å². The molecule has 0 aromatic carbocycles. The van der Waals surface area contributed by atoms with Gasteiger partial charge in [-0.05, 0) is 51.4 Å². The smallest absolute Gasteiger partial charge is 0.306 e. The number of hydrogen-bond acceptors (Lipinski definition) is 6. The lowest BCUT2D eigenvalue weighted by molar-refractivity contribution is -0.167. The molecule has 0 rings (SSSR count). The third-order valence-electron chi connectivity index (χ3n) is 12.0. The van der Waals surface area contributed by atoms with Crippen molar-refractivity contribution in [3.63, 3.8) is 0 Å². The highest BCUT2D eigenvalue weighted by Crippen LogP contribution is 2.16. The molecule has 0 saturated heterocycles. The Labute approximate surface area is 379 Å². The first-order chi connectivity index (χ1) is 30.0. The van der Waals surface area contributed by atoms with Crippen LogP contribution in [0.4, 0.5) is 0 Å². The fourth-order valence-electron chi connectivity index (χ4n) is 7.89. The van der Waals surface area contributed by atoms with Crippen molar-refractivity contribution in [2.45, 2.75) is 297 Å². The van der Waals surface area contributed by atoms with Crippen LogP contribution in [-0.4, -0.2) is 37.2 Å². The van der Waals surface area contributed by atoms with E-state index in [-0.39, 0.29) is 31.1 Å². The number of unbranched alkanes of at least 4 members (excludes halogenated alkanes) is 34. The summed E-state index contributed by atoms with van der Waals surface area (Å²) in [6.07, 6.45) is 57.5. The number of ether oxygens (including phenoxy) is 3. The Hall–Kier alpha value is -2.11. The van der Waals surface area contributed by atoms with Crippen molar-refractivity contribution >= 4 is 17.9 Å². The first kappa shape index (κ1) is 58.9. The highest BCUT2D eigenvalue weighted by atomic mass is 16.6. The van der Waals surface area contributed by atoms with Crippen LogP contribution in [0.25, 0.3) is 0 Å². The summed E-state index contributed by atoms with van der Waals surface area (Å²) < 4.78 is 16.7. The van der Waals surface area contributed by atoms with E-state index in [1.807, 2.05) is 0 Å². The maximum absolute atomic E-state index is 12.8. The molecule has 0 radical (unpaired) electrons. The molecule has 0 aromatic heterocycles. The molecule has 0 spiro atoms. The fraction of sp³-hybridized carbons (Fsp3) is 0.873. The molecule has 1 unspecified atom stereocenters. The zero-order chi connectivity index (χ0) is 44.4. The van der Waals surface area contributed by atoms with Crippen molar-refractivity contribution < 1.29 is 28.6 Å². The summed E-state index contributed by atoms with van der Waals surface area (Å²) in [5.41, 5.74) is 0. The molecule has 0 bridgehead atoms. The van der Waals surface area contributed by atoms with Gasteiger partial charge in [-0.3, -0.25) is 14.4 Å². The van der Waals surface area contributed by atoms with Gasteiger partial charge in [-0.25, -0.2) is 0 Å². The van der Waals surface area contributed by atoms with E-state index >= 15 is 0 Å². The summed E-state index contributed by atoms with van der Waals surface area (Å²) in [5, 5.41) is 0. The maximum Gasteiger partial charge on any atom is 0.306 e. The number of esters is 3. The Bertz CT molecular complexity index is 989. The average Bonchev–Trinajstić information content (AvgIpc) is 3.26. The van der Waals surface area contributed by atoms with Crippen LogP contribution in [0.15, 0.2) is 24.3 Å². The van der Waals surface area contributed by atoms with Crippen LogP contribution in [-0.2, 0) is 28.6 Å². The minimum atomic E-state index is -0.771. The van der Waals surface area contributed by atoms with Crippen molar-refractivity contribution in [3.8, 4) is 0 Å². The number of allylic oxidation sites excluding steroid dienone is 4. The average molecular weight is 859 g/mol. The molecule has 0 aliphatic rings. The van der Waals surface area contributed by atoms with Gasteiger partial charge in [0.15, 0.2) is 6.10 Å². The summed E-state index contributed by atoms with van der Waals surface area (Å²) in [5.74, 6) is -0.879. The number of carbonyl (C=O) groups is 3. The van der Waals surface area contributed by atoms with Gasteiger partial charge in [0.05, 0.1) is 0 Å². The summed E-state index contributed by atoms with van der Waals surface area (Å²) in [4.78, 5) is 37.8. The monoisotopic (exact) mass is 859 g/mol. The van der Waals surface area contributed by atoms with Crippen LogP contribution in [0, 0.1) is 0 Å². The fourth-order valence-corrected chi connectivity index (χ4v) is 7.89. The van der Waals surface area contributed by atoms with Gasteiger partial charge in [0, 0.05) is 19.3 Å². The SMILES string of the molecule is CCCCCC/C=C\C/C=C\CCCCCCCC(=O)OC(COC(=O)CCCCCCCCC)COC(=O)CCCCCCCCCCCCCCCCCCCCCC. The van der Waals surface area contributed by atoms with Crippen LogP contribution in [0.2, 0.25) is 0 Å². The van der Waals surface area contributed by atoms with E-state index in [1.54, 1.807) is 0 Å². The number of carbonyl (C=O) groups excluding carboxylic acids is 3. The second-order valence-electron chi connectivity index (χ2n) is 18.2. The van der Waals surface area contributed by atoms with Crippen molar-refractivity contribution in [1.29, 1.82) is 0 Å². The van der Waals surface area contributed by atoms with E-state index in [0.29, 0.717) is 19.3 Å². The first-order valence-corrected chi connectivity index (χ1v) is 26.8. The lowest BCUT2D eigenvalue weighted by Gasteiger charge is -2.18. The quantitative estimate of drug-likeness (QED) is 0.0262. The molecule has 0 aliphatic heterocycles. The molecule has 0 heterocycles. The van der Waals surface area contributed by atoms with Gasteiger partial charge in [-0.1, -0.05) is 244 Å². The van der Waals surface area contributed by atoms with Crippen molar-refractivity contribution in [3.05, 3.63) is 24.3 Å². The van der Waals surface area contributed by atoms with E-state index < -0.39 is 6.10 Å². The topological polar surface area (TPSA) is 78.9 Å². The normalized spacial score (nSPS) is 12.1. The van der Waals surface area contributed by atoms with Gasteiger partial charge in [0.25, 0.3) is 0 Å². The maximum atomic E-state index is 12.8. The predicted octanol–water partition coefficient (Wildman–Crippen LogP) is 17.5. The number of rotatable bonds is 49. The van der Waals surface area contributed by atoms with Crippen LogP contribution in [0.1, 0.15) is 290 Å². The molecule has 0 fully saturated rings. The minimum absolute atomic E-state index is 0.0727. The zero-order valence-electron chi connectivity index (χ0n) is 40.9. The van der Waals surface area contributed by atoms with E-state index in [1.165, 1.54) is 173 Å². The predicted molar refractivity (Wildman–Crippen MR) is 261 cm³/mol. The minimum Gasteiger partial charge on any atom is -0.462 e. The third-order valence-corrected chi connectivity index (χ3v) is 12.0. The molecule has 0 saturated carbocycles. The molecule has 6 heteroatoms. The highest BCUT2D eigenvalue weighted by molar-refractivity contribution is 5.71. The largest absolute Gasteiger partial charge is 0.462 e. The van der Waals surface area contributed by atoms with Crippen molar-refractivity contribution in [2.75, 3.05) is 13.2 Å². The van der Waals surface area contributed by atoms with Crippen molar-refractivity contribution in [1.82, 2.24) is 0 Å². The third kappa shape index (κ3) is 48.8. The van der Waals surface area contributed by atoms with Gasteiger partial charge in [0.2, 0.25) is 0 Å². The van der Waals surface area contributed by atoms with Gasteiger partial charge in [-0.15, -0.1) is 0 Å². The van der Waals surface area contributed by atoms with E-state index in [0.717, 1.165) is 77.0 Å². The van der Waals surface area contributed by atoms with Gasteiger partial charge in [0.1, 0.15) is 13.2 Å². The molecular formula is C55H102O6. The summed E-state index contributed by atoms with van der Waals surface area (Å²) in [7, 11) is 0. The summed E-state index contributed by atoms with van der Waals surface area (Å²) in [6, 6.07) is 0. The summed E-state index contributed by atoms with van der Waals surface area (Å²) >= 11 is 0. The Kier molecular flexibility index (Phi) is 48.8. The standard InChI is InChI=1S/C55H102O6/c1-4-7-10-13-16-18-20-22-24-26-27-28-29-31-32-34-36-39-42-45-48-54(57)60-51-52(50-59-53(56)47-44-41-38-15-12-9-6-3)61-55(58)49-46-43-40-37-35-33-30-25-23-21-19-17-14-11-8-5-2/h19,21,25,30,52H,4-18,20,22-24,26-29,31-51H2,1-3H3/b21-19-,30-25-. The van der Waals surface area contributed by atoms with E-state index in [9.17, 15) is 14.4 Å². The highest BCUT2D eigenvalue weighted by Gasteiger charge is 2.19. The van der Waals surface area contributed by atoms with Crippen LogP contribution in [0.5, 0.6) is 0 Å². The second-order valence-corrected chi connectivity index (χ2v) is 18.2. The molecule has 0 N–H and O–H groups in total. The van der Waals surface area contributed by atoms with Crippen molar-refractivity contribution in [2.24, 2.45) is 0 Å². The molecule has 0 aliphatic carbocycles. The first-order valence-electron chi connectivity index (χ1n) is 26.8. The molecule has 0 aromatic rings. The molecule has 358 valence electrons. The van der Waals surface area contributed by atoms with E-state index in [4.69, 9.17) is 14.2 Å². The van der Waals surface area contributed by atoms with Gasteiger partial charge < -0.3 is 14.2 Å². The van der Waals surface area contributed by atoms with Gasteiger partial charge >= 0.3 is 17.9 Å². The van der Waals surface area contributed by atoms with Crippen LogP contribution >= 0.6 is 0 Å². The molecule has 1 atom stereocenters. The van der Waals surface area contributed by atoms with E-state index in [2.05, 4.69) is 45.1 Å². The van der Waals surface area contributed by atoms with Crippen LogP contribution < -0.4 is 0 Å². The lowest BCUT2D eigenvalue weighted by Crippen LogP contribution is -2.30. The Morgan fingerprint density at radius 1 is 0.328 bits per heavy atom. The zero-order valence-corrected chi connectivity index (χ0v) is 40.9. The molecule has 6 nitrogen and oxygen atoms in total. The molecular weight excluding hydrogens is 757 g/mol.